The molecule has 0 bridgehead atoms. The number of rotatable bonds is 3. The molecule has 1 aliphatic heterocycles. The number of nitrogens with one attached hydrogen (secondary N) is 2. The Balaban J connectivity index is 1.74. The van der Waals surface area contributed by atoms with E-state index in [2.05, 4.69) is 17.6 Å². The minimum absolute atomic E-state index is 0.218. The molecule has 0 aromatic heterocycles. The van der Waals surface area contributed by atoms with Gasteiger partial charge in [0.1, 0.15) is 0 Å². The van der Waals surface area contributed by atoms with Crippen molar-refractivity contribution in [3.05, 3.63) is 0 Å². The van der Waals surface area contributed by atoms with Gasteiger partial charge in [-0.05, 0) is 31.2 Å². The summed E-state index contributed by atoms with van der Waals surface area (Å²) in [6.45, 7) is 5.04. The summed E-state index contributed by atoms with van der Waals surface area (Å²) in [5, 5.41) is 6.36. The van der Waals surface area contributed by atoms with Crippen molar-refractivity contribution in [3.8, 4) is 0 Å². The van der Waals surface area contributed by atoms with E-state index in [1.807, 2.05) is 0 Å². The maximum absolute atomic E-state index is 11.8. The lowest BCUT2D eigenvalue weighted by Gasteiger charge is -2.24. The highest BCUT2D eigenvalue weighted by atomic mass is 16.1. The van der Waals surface area contributed by atoms with E-state index in [9.17, 15) is 4.79 Å². The molecule has 1 heterocycles. The molecule has 15 heavy (non-hydrogen) atoms. The third kappa shape index (κ3) is 2.71. The zero-order valence-electron chi connectivity index (χ0n) is 9.64. The first-order valence-electron chi connectivity index (χ1n) is 6.18. The van der Waals surface area contributed by atoms with Crippen LogP contribution in [0.15, 0.2) is 0 Å². The van der Waals surface area contributed by atoms with Crippen molar-refractivity contribution in [2.45, 2.75) is 39.0 Å². The third-order valence-corrected chi connectivity index (χ3v) is 3.93. The van der Waals surface area contributed by atoms with Crippen molar-refractivity contribution in [1.82, 2.24) is 10.6 Å². The van der Waals surface area contributed by atoms with Gasteiger partial charge >= 0.3 is 0 Å². The molecule has 1 amide bonds. The van der Waals surface area contributed by atoms with E-state index in [0.717, 1.165) is 26.1 Å². The molecule has 2 aliphatic rings. The highest BCUT2D eigenvalue weighted by Crippen LogP contribution is 2.36. The maximum atomic E-state index is 11.8. The minimum Gasteiger partial charge on any atom is -0.355 e. The van der Waals surface area contributed by atoms with Crippen LogP contribution in [0.2, 0.25) is 0 Å². The molecule has 1 atom stereocenters. The quantitative estimate of drug-likeness (QED) is 0.737. The molecule has 3 nitrogen and oxygen atoms in total. The summed E-state index contributed by atoms with van der Waals surface area (Å²) in [5.74, 6) is 0.475. The lowest BCUT2D eigenvalue weighted by atomic mass is 9.88. The lowest BCUT2D eigenvalue weighted by molar-refractivity contribution is -0.124. The van der Waals surface area contributed by atoms with E-state index in [-0.39, 0.29) is 11.8 Å². The van der Waals surface area contributed by atoms with Crippen molar-refractivity contribution in [2.24, 2.45) is 11.3 Å². The Kier molecular flexibility index (Phi) is 3.29. The van der Waals surface area contributed by atoms with Crippen LogP contribution in [-0.4, -0.2) is 25.5 Å². The molecule has 0 aromatic carbocycles. The Labute approximate surface area is 92.0 Å². The lowest BCUT2D eigenvalue weighted by Crippen LogP contribution is -2.38. The predicted molar refractivity (Wildman–Crippen MR) is 60.6 cm³/mol. The summed E-state index contributed by atoms with van der Waals surface area (Å²) in [7, 11) is 0. The van der Waals surface area contributed by atoms with Gasteiger partial charge in [0, 0.05) is 13.1 Å². The standard InChI is InChI=1S/C12H22N2O/c1-12(5-2-3-6-12)9-14-11(15)10-4-7-13-8-10/h10,13H,2-9H2,1H3,(H,14,15). The highest BCUT2D eigenvalue weighted by Gasteiger charge is 2.30. The molecule has 0 spiro atoms. The van der Waals surface area contributed by atoms with E-state index in [1.54, 1.807) is 0 Å². The van der Waals surface area contributed by atoms with E-state index in [4.69, 9.17) is 0 Å². The number of amides is 1. The summed E-state index contributed by atoms with van der Waals surface area (Å²) in [5.41, 5.74) is 0.377. The molecule has 1 unspecified atom stereocenters. The van der Waals surface area contributed by atoms with Crippen LogP contribution in [0.3, 0.4) is 0 Å². The van der Waals surface area contributed by atoms with Gasteiger partial charge in [-0.2, -0.15) is 0 Å². The van der Waals surface area contributed by atoms with E-state index in [0.29, 0.717) is 5.41 Å². The van der Waals surface area contributed by atoms with Gasteiger partial charge in [0.25, 0.3) is 0 Å². The molecule has 1 saturated carbocycles. The van der Waals surface area contributed by atoms with Crippen LogP contribution in [0.5, 0.6) is 0 Å². The molecule has 2 fully saturated rings. The summed E-state index contributed by atoms with van der Waals surface area (Å²) in [6.07, 6.45) is 6.21. The second-order valence-corrected chi connectivity index (χ2v) is 5.43. The molecular formula is C12H22N2O. The first-order valence-corrected chi connectivity index (χ1v) is 6.18. The Morgan fingerprint density at radius 2 is 2.20 bits per heavy atom. The van der Waals surface area contributed by atoms with Crippen LogP contribution in [-0.2, 0) is 4.79 Å². The van der Waals surface area contributed by atoms with E-state index in [1.165, 1.54) is 25.7 Å². The molecule has 2 N–H and O–H groups in total. The third-order valence-electron chi connectivity index (χ3n) is 3.93. The van der Waals surface area contributed by atoms with E-state index >= 15 is 0 Å². The van der Waals surface area contributed by atoms with Gasteiger partial charge in [-0.15, -0.1) is 0 Å². The molecule has 0 aromatic rings. The van der Waals surface area contributed by atoms with Gasteiger partial charge in [-0.25, -0.2) is 0 Å². The van der Waals surface area contributed by atoms with Gasteiger partial charge in [0.2, 0.25) is 5.91 Å². The smallest absolute Gasteiger partial charge is 0.224 e. The summed E-state index contributed by atoms with van der Waals surface area (Å²) >= 11 is 0. The summed E-state index contributed by atoms with van der Waals surface area (Å²) in [6, 6.07) is 0. The minimum atomic E-state index is 0.218. The first kappa shape index (κ1) is 10.9. The fraction of sp³-hybridized carbons (Fsp3) is 0.917. The fourth-order valence-electron chi connectivity index (χ4n) is 2.73. The van der Waals surface area contributed by atoms with Crippen molar-refractivity contribution >= 4 is 5.91 Å². The van der Waals surface area contributed by atoms with Gasteiger partial charge in [-0.1, -0.05) is 19.8 Å². The largest absolute Gasteiger partial charge is 0.355 e. The van der Waals surface area contributed by atoms with Crippen molar-refractivity contribution in [2.75, 3.05) is 19.6 Å². The molecule has 1 saturated heterocycles. The summed E-state index contributed by atoms with van der Waals surface area (Å²) in [4.78, 5) is 11.8. The first-order chi connectivity index (χ1) is 7.20. The Morgan fingerprint density at radius 1 is 1.47 bits per heavy atom. The van der Waals surface area contributed by atoms with Crippen molar-refractivity contribution in [1.29, 1.82) is 0 Å². The van der Waals surface area contributed by atoms with Crippen LogP contribution in [0.4, 0.5) is 0 Å². The average molecular weight is 210 g/mol. The Morgan fingerprint density at radius 3 is 2.80 bits per heavy atom. The second kappa shape index (κ2) is 4.52. The SMILES string of the molecule is CC1(CNC(=O)C2CCNC2)CCCC1. The number of carbonyl (C=O) groups excluding carboxylic acids is 1. The fourth-order valence-corrected chi connectivity index (χ4v) is 2.73. The van der Waals surface area contributed by atoms with Crippen LogP contribution < -0.4 is 10.6 Å². The van der Waals surface area contributed by atoms with Crippen LogP contribution in [0.1, 0.15) is 39.0 Å². The normalized spacial score (nSPS) is 29.3. The van der Waals surface area contributed by atoms with Crippen LogP contribution in [0, 0.1) is 11.3 Å². The number of hydrogen-bond donors (Lipinski definition) is 2. The molecule has 86 valence electrons. The average Bonchev–Trinajstić information content (AvgIpc) is 2.85. The number of carbonyl (C=O) groups is 1. The molecule has 2 rings (SSSR count). The van der Waals surface area contributed by atoms with Gasteiger partial charge in [0.15, 0.2) is 0 Å². The van der Waals surface area contributed by atoms with Gasteiger partial charge in [-0.3, -0.25) is 4.79 Å². The van der Waals surface area contributed by atoms with Crippen molar-refractivity contribution in [3.63, 3.8) is 0 Å². The highest BCUT2D eigenvalue weighted by molar-refractivity contribution is 5.79. The maximum Gasteiger partial charge on any atom is 0.224 e. The van der Waals surface area contributed by atoms with Gasteiger partial charge in [0.05, 0.1) is 5.92 Å². The Bertz CT molecular complexity index is 228. The van der Waals surface area contributed by atoms with Crippen LogP contribution in [0.25, 0.3) is 0 Å². The zero-order chi connectivity index (χ0) is 10.7. The van der Waals surface area contributed by atoms with Crippen molar-refractivity contribution < 1.29 is 4.79 Å². The molecular weight excluding hydrogens is 188 g/mol. The topological polar surface area (TPSA) is 41.1 Å². The molecule has 3 heteroatoms. The zero-order valence-corrected chi connectivity index (χ0v) is 9.64. The van der Waals surface area contributed by atoms with Crippen LogP contribution >= 0.6 is 0 Å². The Hall–Kier alpha value is -0.570. The molecule has 1 aliphatic carbocycles. The monoisotopic (exact) mass is 210 g/mol. The molecule has 0 radical (unpaired) electrons. The second-order valence-electron chi connectivity index (χ2n) is 5.43. The summed E-state index contributed by atoms with van der Waals surface area (Å²) < 4.78 is 0. The van der Waals surface area contributed by atoms with Gasteiger partial charge < -0.3 is 10.6 Å². The van der Waals surface area contributed by atoms with E-state index < -0.39 is 0 Å². The number of hydrogen-bond acceptors (Lipinski definition) is 2. The predicted octanol–water partition coefficient (Wildman–Crippen LogP) is 1.29.